The molecule has 2 aromatic rings. The molecule has 2 rings (SSSR count). The van der Waals surface area contributed by atoms with Crippen molar-refractivity contribution in [3.05, 3.63) is 50.9 Å². The molecule has 1 aromatic carbocycles. The monoisotopic (exact) mass is 333 g/mol. The maximum Gasteiger partial charge on any atom is 0.339 e. The Morgan fingerprint density at radius 1 is 1.10 bits per heavy atom. The molecule has 5 nitrogen and oxygen atoms in total. The number of rotatable bonds is 3. The molecule has 2 N–H and O–H groups in total. The molecule has 0 aliphatic heterocycles. The first-order valence-corrected chi connectivity index (χ1v) is 6.31. The number of amides is 1. The van der Waals surface area contributed by atoms with E-state index in [1.807, 2.05) is 0 Å². The standard InChI is InChI=1S/C12H6Cl3NO4/c13-6-1-2-7(14)9(8(6)12(18)19)16-11(17)5-3-4-20-10(5)15/h1-4H,(H,16,17)(H,18,19). The molecule has 8 heteroatoms. The molecular formula is C12H6Cl3NO4. The van der Waals surface area contributed by atoms with Gasteiger partial charge < -0.3 is 14.8 Å². The normalized spacial score (nSPS) is 10.3. The Bertz CT molecular complexity index is 696. The molecule has 0 fully saturated rings. The number of carbonyl (C=O) groups excluding carboxylic acids is 1. The van der Waals surface area contributed by atoms with Crippen LogP contribution in [0.25, 0.3) is 0 Å². The lowest BCUT2D eigenvalue weighted by Gasteiger charge is -2.11. The lowest BCUT2D eigenvalue weighted by atomic mass is 10.1. The molecule has 1 heterocycles. The zero-order chi connectivity index (χ0) is 14.9. The molecule has 1 aromatic heterocycles. The van der Waals surface area contributed by atoms with Crippen LogP contribution in [0.15, 0.2) is 28.9 Å². The molecule has 0 unspecified atom stereocenters. The van der Waals surface area contributed by atoms with Gasteiger partial charge in [0.25, 0.3) is 5.91 Å². The Balaban J connectivity index is 2.44. The average molecular weight is 335 g/mol. The maximum atomic E-state index is 12.0. The lowest BCUT2D eigenvalue weighted by molar-refractivity contribution is 0.0698. The molecule has 0 aliphatic rings. The summed E-state index contributed by atoms with van der Waals surface area (Å²) in [5.41, 5.74) is -0.347. The van der Waals surface area contributed by atoms with E-state index in [9.17, 15) is 9.59 Å². The number of hydrogen-bond donors (Lipinski definition) is 2. The van der Waals surface area contributed by atoms with Gasteiger partial charge in [0.1, 0.15) is 5.56 Å². The number of halogens is 3. The van der Waals surface area contributed by atoms with Crippen molar-refractivity contribution in [2.75, 3.05) is 5.32 Å². The van der Waals surface area contributed by atoms with Crippen molar-refractivity contribution in [2.45, 2.75) is 0 Å². The Kier molecular flexibility index (Phi) is 4.23. The van der Waals surface area contributed by atoms with Gasteiger partial charge >= 0.3 is 5.97 Å². The number of anilines is 1. The van der Waals surface area contributed by atoms with Crippen LogP contribution in [0.2, 0.25) is 15.3 Å². The molecule has 0 spiro atoms. The predicted octanol–water partition coefficient (Wildman–Crippen LogP) is 4.19. The first-order chi connectivity index (χ1) is 9.41. The molecule has 0 saturated heterocycles. The first kappa shape index (κ1) is 14.7. The van der Waals surface area contributed by atoms with Crippen LogP contribution in [-0.4, -0.2) is 17.0 Å². The number of hydrogen-bond acceptors (Lipinski definition) is 3. The van der Waals surface area contributed by atoms with Gasteiger partial charge in [-0.05, 0) is 29.8 Å². The van der Waals surface area contributed by atoms with E-state index >= 15 is 0 Å². The van der Waals surface area contributed by atoms with Gasteiger partial charge in [0, 0.05) is 0 Å². The third-order valence-corrected chi connectivity index (χ3v) is 3.34. The fraction of sp³-hybridized carbons (Fsp3) is 0. The summed E-state index contributed by atoms with van der Waals surface area (Å²) in [4.78, 5) is 23.2. The molecule has 0 radical (unpaired) electrons. The first-order valence-electron chi connectivity index (χ1n) is 5.17. The molecule has 0 aliphatic carbocycles. The molecule has 0 saturated carbocycles. The highest BCUT2D eigenvalue weighted by Gasteiger charge is 2.21. The summed E-state index contributed by atoms with van der Waals surface area (Å²) in [5.74, 6) is -1.97. The van der Waals surface area contributed by atoms with Crippen LogP contribution in [0, 0.1) is 0 Å². The summed E-state index contributed by atoms with van der Waals surface area (Å²) >= 11 is 17.4. The minimum atomic E-state index is -1.31. The highest BCUT2D eigenvalue weighted by molar-refractivity contribution is 6.39. The van der Waals surface area contributed by atoms with Crippen molar-refractivity contribution in [1.82, 2.24) is 0 Å². The van der Waals surface area contributed by atoms with Crippen LogP contribution in [0.5, 0.6) is 0 Å². The highest BCUT2D eigenvalue weighted by atomic mass is 35.5. The van der Waals surface area contributed by atoms with Gasteiger partial charge in [-0.25, -0.2) is 4.79 Å². The molecule has 0 atom stereocenters. The number of benzene rings is 1. The third-order valence-electron chi connectivity index (χ3n) is 2.42. The van der Waals surface area contributed by atoms with Crippen LogP contribution in [-0.2, 0) is 0 Å². The third kappa shape index (κ3) is 2.75. The Morgan fingerprint density at radius 3 is 2.30 bits per heavy atom. The van der Waals surface area contributed by atoms with E-state index in [1.54, 1.807) is 0 Å². The summed E-state index contributed by atoms with van der Waals surface area (Å²) in [6, 6.07) is 4.05. The summed E-state index contributed by atoms with van der Waals surface area (Å²) < 4.78 is 4.78. The van der Waals surface area contributed by atoms with E-state index in [4.69, 9.17) is 44.3 Å². The Labute approximate surface area is 128 Å². The van der Waals surface area contributed by atoms with Gasteiger partial charge in [-0.15, -0.1) is 0 Å². The second-order valence-corrected chi connectivity index (χ2v) is 4.80. The summed E-state index contributed by atoms with van der Waals surface area (Å²) in [5, 5.41) is 11.4. The molecule has 1 amide bonds. The van der Waals surface area contributed by atoms with Crippen LogP contribution in [0.3, 0.4) is 0 Å². The number of furan rings is 1. The van der Waals surface area contributed by atoms with Crippen molar-refractivity contribution in [3.63, 3.8) is 0 Å². The number of nitrogens with one attached hydrogen (secondary N) is 1. The number of carboxylic acid groups (broad SMARTS) is 1. The SMILES string of the molecule is O=C(Nc1c(Cl)ccc(Cl)c1C(=O)O)c1ccoc1Cl. The van der Waals surface area contributed by atoms with Gasteiger partial charge in [-0.2, -0.15) is 0 Å². The maximum absolute atomic E-state index is 12.0. The molecule has 104 valence electrons. The summed E-state index contributed by atoms with van der Waals surface area (Å²) in [6.45, 7) is 0. The van der Waals surface area contributed by atoms with Crippen LogP contribution in [0.4, 0.5) is 5.69 Å². The fourth-order valence-corrected chi connectivity index (χ4v) is 2.16. The van der Waals surface area contributed by atoms with E-state index in [-0.39, 0.29) is 32.1 Å². The highest BCUT2D eigenvalue weighted by Crippen LogP contribution is 2.32. The van der Waals surface area contributed by atoms with Crippen molar-refractivity contribution < 1.29 is 19.1 Å². The summed E-state index contributed by atoms with van der Waals surface area (Å²) in [6.07, 6.45) is 1.23. The second-order valence-electron chi connectivity index (χ2n) is 3.65. The Morgan fingerprint density at radius 2 is 1.75 bits per heavy atom. The van der Waals surface area contributed by atoms with Gasteiger partial charge in [0.05, 0.1) is 27.6 Å². The smallest absolute Gasteiger partial charge is 0.339 e. The number of carboxylic acids is 1. The van der Waals surface area contributed by atoms with E-state index in [2.05, 4.69) is 5.32 Å². The van der Waals surface area contributed by atoms with Crippen molar-refractivity contribution in [3.8, 4) is 0 Å². The van der Waals surface area contributed by atoms with E-state index in [1.165, 1.54) is 24.5 Å². The van der Waals surface area contributed by atoms with Crippen molar-refractivity contribution in [2.24, 2.45) is 0 Å². The summed E-state index contributed by atoms with van der Waals surface area (Å²) in [7, 11) is 0. The fourth-order valence-electron chi connectivity index (χ4n) is 1.52. The van der Waals surface area contributed by atoms with E-state index < -0.39 is 11.9 Å². The lowest BCUT2D eigenvalue weighted by Crippen LogP contribution is -2.15. The second kappa shape index (κ2) is 5.75. The molecule has 20 heavy (non-hydrogen) atoms. The van der Waals surface area contributed by atoms with Crippen molar-refractivity contribution >= 4 is 52.4 Å². The minimum Gasteiger partial charge on any atom is -0.478 e. The van der Waals surface area contributed by atoms with Crippen LogP contribution in [0.1, 0.15) is 20.7 Å². The average Bonchev–Trinajstić information content (AvgIpc) is 2.79. The molecule has 0 bridgehead atoms. The number of aromatic carboxylic acids is 1. The minimum absolute atomic E-state index is 0.0415. The van der Waals surface area contributed by atoms with Crippen LogP contribution >= 0.6 is 34.8 Å². The zero-order valence-electron chi connectivity index (χ0n) is 9.62. The zero-order valence-corrected chi connectivity index (χ0v) is 11.9. The van der Waals surface area contributed by atoms with E-state index in [0.717, 1.165) is 0 Å². The van der Waals surface area contributed by atoms with Gasteiger partial charge in [-0.3, -0.25) is 4.79 Å². The molecular weight excluding hydrogens is 328 g/mol. The Hall–Kier alpha value is -1.69. The quantitative estimate of drug-likeness (QED) is 0.882. The van der Waals surface area contributed by atoms with Crippen molar-refractivity contribution in [1.29, 1.82) is 0 Å². The predicted molar refractivity (Wildman–Crippen MR) is 75.1 cm³/mol. The largest absolute Gasteiger partial charge is 0.478 e. The van der Waals surface area contributed by atoms with Gasteiger partial charge in [0.15, 0.2) is 0 Å². The van der Waals surface area contributed by atoms with Crippen LogP contribution < -0.4 is 5.32 Å². The van der Waals surface area contributed by atoms with E-state index in [0.29, 0.717) is 0 Å². The van der Waals surface area contributed by atoms with Gasteiger partial charge in [-0.1, -0.05) is 23.2 Å². The van der Waals surface area contributed by atoms with Gasteiger partial charge in [0.2, 0.25) is 5.22 Å². The number of carbonyl (C=O) groups is 2. The topological polar surface area (TPSA) is 79.5 Å².